The molecule has 0 aliphatic carbocycles. The molecule has 0 unspecified atom stereocenters. The predicted octanol–water partition coefficient (Wildman–Crippen LogP) is 4.65. The molecule has 1 amide bonds. The summed E-state index contributed by atoms with van der Waals surface area (Å²) in [5.41, 5.74) is 2.40. The van der Waals surface area contributed by atoms with Crippen LogP contribution in [0.3, 0.4) is 0 Å². The van der Waals surface area contributed by atoms with E-state index in [1.807, 2.05) is 42.1 Å². The molecule has 0 saturated heterocycles. The van der Waals surface area contributed by atoms with Crippen molar-refractivity contribution in [2.45, 2.75) is 17.4 Å². The van der Waals surface area contributed by atoms with Crippen LogP contribution in [-0.2, 0) is 4.79 Å². The van der Waals surface area contributed by atoms with E-state index in [0.717, 1.165) is 12.2 Å². The summed E-state index contributed by atoms with van der Waals surface area (Å²) in [4.78, 5) is 26.0. The second kappa shape index (κ2) is 8.97. The molecule has 4 rings (SSSR count). The van der Waals surface area contributed by atoms with Gasteiger partial charge in [0.05, 0.1) is 6.04 Å². The Labute approximate surface area is 174 Å². The zero-order chi connectivity index (χ0) is 20.1. The number of nitrogens with one attached hydrogen (secondary N) is 1. The average molecular weight is 404 g/mol. The second-order valence-electron chi connectivity index (χ2n) is 6.80. The van der Waals surface area contributed by atoms with Crippen molar-refractivity contribution in [3.05, 3.63) is 95.6 Å². The van der Waals surface area contributed by atoms with Crippen LogP contribution in [0.4, 0.5) is 0 Å². The van der Waals surface area contributed by atoms with Crippen LogP contribution in [-0.4, -0.2) is 24.1 Å². The third-order valence-corrected chi connectivity index (χ3v) is 5.94. The van der Waals surface area contributed by atoms with Gasteiger partial charge in [-0.25, -0.2) is 0 Å². The lowest BCUT2D eigenvalue weighted by molar-refractivity contribution is -0.123. The van der Waals surface area contributed by atoms with Gasteiger partial charge >= 0.3 is 0 Å². The monoisotopic (exact) mass is 403 g/mol. The standard InChI is InChI=1S/C24H21NO3S/c26-23(25-21-14-15-29-22-9-5-4-8-20(21)22)16-28-19-12-10-18(11-13-19)24(27)17-6-2-1-3-7-17/h1-13,21H,14-16H2,(H,25,26)/t21-/m0/s1. The third kappa shape index (κ3) is 4.69. The van der Waals surface area contributed by atoms with E-state index < -0.39 is 0 Å². The van der Waals surface area contributed by atoms with Crippen LogP contribution in [0.5, 0.6) is 5.75 Å². The summed E-state index contributed by atoms with van der Waals surface area (Å²) in [6.45, 7) is -0.0577. The fourth-order valence-electron chi connectivity index (χ4n) is 3.34. The number of hydrogen-bond donors (Lipinski definition) is 1. The quantitative estimate of drug-likeness (QED) is 0.609. The van der Waals surface area contributed by atoms with Crippen molar-refractivity contribution in [3.63, 3.8) is 0 Å². The van der Waals surface area contributed by atoms with E-state index in [9.17, 15) is 9.59 Å². The molecule has 1 atom stereocenters. The Morgan fingerprint density at radius 2 is 1.59 bits per heavy atom. The van der Waals surface area contributed by atoms with Crippen molar-refractivity contribution in [3.8, 4) is 5.75 Å². The highest BCUT2D eigenvalue weighted by Gasteiger charge is 2.22. The van der Waals surface area contributed by atoms with Crippen molar-refractivity contribution in [2.24, 2.45) is 0 Å². The Balaban J connectivity index is 1.33. The van der Waals surface area contributed by atoms with Gasteiger partial charge < -0.3 is 10.1 Å². The van der Waals surface area contributed by atoms with E-state index in [-0.39, 0.29) is 24.3 Å². The number of hydrogen-bond acceptors (Lipinski definition) is 4. The van der Waals surface area contributed by atoms with E-state index in [1.54, 1.807) is 36.4 Å². The molecule has 0 fully saturated rings. The molecule has 146 valence electrons. The summed E-state index contributed by atoms with van der Waals surface area (Å²) in [5, 5.41) is 3.07. The van der Waals surface area contributed by atoms with Gasteiger partial charge in [0, 0.05) is 21.8 Å². The fraction of sp³-hybridized carbons (Fsp3) is 0.167. The molecule has 5 heteroatoms. The number of thioether (sulfide) groups is 1. The molecule has 0 spiro atoms. The topological polar surface area (TPSA) is 55.4 Å². The lowest BCUT2D eigenvalue weighted by atomic mass is 10.0. The van der Waals surface area contributed by atoms with Crippen molar-refractivity contribution >= 4 is 23.5 Å². The fourth-order valence-corrected chi connectivity index (χ4v) is 4.46. The molecule has 3 aromatic rings. The number of fused-ring (bicyclic) bond motifs is 1. The van der Waals surface area contributed by atoms with Crippen LogP contribution in [0.25, 0.3) is 0 Å². The molecule has 0 radical (unpaired) electrons. The molecule has 29 heavy (non-hydrogen) atoms. The smallest absolute Gasteiger partial charge is 0.258 e. The zero-order valence-electron chi connectivity index (χ0n) is 15.8. The minimum absolute atomic E-state index is 0.0226. The summed E-state index contributed by atoms with van der Waals surface area (Å²) >= 11 is 1.82. The van der Waals surface area contributed by atoms with E-state index in [4.69, 9.17) is 4.74 Å². The lowest BCUT2D eigenvalue weighted by Gasteiger charge is -2.25. The van der Waals surface area contributed by atoms with Gasteiger partial charge in [0.25, 0.3) is 5.91 Å². The molecule has 0 saturated carbocycles. The van der Waals surface area contributed by atoms with E-state index in [1.165, 1.54) is 10.5 Å². The van der Waals surface area contributed by atoms with Crippen molar-refractivity contribution in [2.75, 3.05) is 12.4 Å². The summed E-state index contributed by atoms with van der Waals surface area (Å²) in [7, 11) is 0. The van der Waals surface area contributed by atoms with Gasteiger partial charge in [-0.05, 0) is 42.3 Å². The van der Waals surface area contributed by atoms with E-state index in [2.05, 4.69) is 17.4 Å². The van der Waals surface area contributed by atoms with Crippen LogP contribution in [0.1, 0.15) is 33.9 Å². The molecule has 0 bridgehead atoms. The van der Waals surface area contributed by atoms with E-state index in [0.29, 0.717) is 16.9 Å². The van der Waals surface area contributed by atoms with Crippen molar-refractivity contribution < 1.29 is 14.3 Å². The van der Waals surface area contributed by atoms with Crippen LogP contribution in [0.2, 0.25) is 0 Å². The normalized spacial score (nSPS) is 15.2. The highest BCUT2D eigenvalue weighted by atomic mass is 32.2. The second-order valence-corrected chi connectivity index (χ2v) is 7.94. The lowest BCUT2D eigenvalue weighted by Crippen LogP contribution is -2.34. The van der Waals surface area contributed by atoms with Gasteiger partial charge in [-0.3, -0.25) is 9.59 Å². The number of rotatable bonds is 6. The first kappa shape index (κ1) is 19.3. The van der Waals surface area contributed by atoms with Gasteiger partial charge in [0.15, 0.2) is 12.4 Å². The maximum Gasteiger partial charge on any atom is 0.258 e. The molecule has 1 heterocycles. The first-order chi connectivity index (χ1) is 14.2. The molecule has 1 aliphatic heterocycles. The van der Waals surface area contributed by atoms with Crippen molar-refractivity contribution in [1.29, 1.82) is 0 Å². The number of carbonyl (C=O) groups is 2. The summed E-state index contributed by atoms with van der Waals surface area (Å²) in [6, 6.07) is 24.2. The number of ketones is 1. The van der Waals surface area contributed by atoms with Crippen molar-refractivity contribution in [1.82, 2.24) is 5.32 Å². The first-order valence-corrected chi connectivity index (χ1v) is 10.5. The Morgan fingerprint density at radius 3 is 2.38 bits per heavy atom. The van der Waals surface area contributed by atoms with Gasteiger partial charge in [-0.1, -0.05) is 48.5 Å². The van der Waals surface area contributed by atoms with Crippen LogP contribution in [0, 0.1) is 0 Å². The van der Waals surface area contributed by atoms with Gasteiger partial charge in [0.2, 0.25) is 0 Å². The number of amides is 1. The van der Waals surface area contributed by atoms with Gasteiger partial charge in [0.1, 0.15) is 5.75 Å². The predicted molar refractivity (Wildman–Crippen MR) is 114 cm³/mol. The summed E-state index contributed by atoms with van der Waals surface area (Å²) in [5.74, 6) is 1.36. The number of ether oxygens (including phenoxy) is 1. The molecule has 4 nitrogen and oxygen atoms in total. The molecule has 1 aliphatic rings. The zero-order valence-corrected chi connectivity index (χ0v) is 16.7. The molecular formula is C24H21NO3S. The maximum atomic E-state index is 12.4. The Morgan fingerprint density at radius 1 is 0.897 bits per heavy atom. The number of benzene rings is 3. The molecule has 3 aromatic carbocycles. The Hall–Kier alpha value is -3.05. The minimum Gasteiger partial charge on any atom is -0.484 e. The number of carbonyl (C=O) groups excluding carboxylic acids is 2. The van der Waals surface area contributed by atoms with Crippen LogP contribution < -0.4 is 10.1 Å². The summed E-state index contributed by atoms with van der Waals surface area (Å²) < 4.78 is 5.61. The van der Waals surface area contributed by atoms with Crippen LogP contribution in [0.15, 0.2) is 83.8 Å². The molecule has 1 N–H and O–H groups in total. The molecular weight excluding hydrogens is 382 g/mol. The average Bonchev–Trinajstić information content (AvgIpc) is 2.78. The maximum absolute atomic E-state index is 12.4. The highest BCUT2D eigenvalue weighted by Crippen LogP contribution is 2.35. The largest absolute Gasteiger partial charge is 0.484 e. The van der Waals surface area contributed by atoms with Gasteiger partial charge in [-0.15, -0.1) is 11.8 Å². The first-order valence-electron chi connectivity index (χ1n) is 9.54. The van der Waals surface area contributed by atoms with Crippen LogP contribution >= 0.6 is 11.8 Å². The SMILES string of the molecule is O=C(COc1ccc(C(=O)c2ccccc2)cc1)N[C@H]1CCSc2ccccc21. The minimum atomic E-state index is -0.152. The third-order valence-electron chi connectivity index (χ3n) is 4.82. The Kier molecular flexibility index (Phi) is 5.96. The summed E-state index contributed by atoms with van der Waals surface area (Å²) in [6.07, 6.45) is 0.906. The van der Waals surface area contributed by atoms with Gasteiger partial charge in [-0.2, -0.15) is 0 Å². The van der Waals surface area contributed by atoms with E-state index >= 15 is 0 Å². The Bertz CT molecular complexity index is 1000. The highest BCUT2D eigenvalue weighted by molar-refractivity contribution is 7.99. The molecule has 0 aromatic heterocycles.